The number of nitrogens with one attached hydrogen (secondary N) is 1. The normalized spacial score (nSPS) is 10.9. The van der Waals surface area contributed by atoms with Gasteiger partial charge in [0.05, 0.1) is 0 Å². The zero-order valence-corrected chi connectivity index (χ0v) is 10.3. The molecular formula is C9H14N6S. The molecule has 0 aliphatic heterocycles. The summed E-state index contributed by atoms with van der Waals surface area (Å²) in [7, 11) is 3.81. The number of H-pyrrole nitrogens is 1. The van der Waals surface area contributed by atoms with Crippen molar-refractivity contribution in [2.45, 2.75) is 12.1 Å². The maximum absolute atomic E-state index is 5.85. The zero-order chi connectivity index (χ0) is 11.7. The van der Waals surface area contributed by atoms with Crippen LogP contribution in [0.4, 0.5) is 11.8 Å². The van der Waals surface area contributed by atoms with Gasteiger partial charge in [0.1, 0.15) is 5.52 Å². The first kappa shape index (κ1) is 11.0. The molecule has 0 saturated heterocycles. The molecule has 2 rings (SSSR count). The van der Waals surface area contributed by atoms with Crippen molar-refractivity contribution in [3.05, 3.63) is 0 Å². The summed E-state index contributed by atoms with van der Waals surface area (Å²) >= 11 is 1.55. The molecule has 2 aromatic rings. The highest BCUT2D eigenvalue weighted by molar-refractivity contribution is 7.99. The van der Waals surface area contributed by atoms with Gasteiger partial charge in [-0.1, -0.05) is 18.7 Å². The molecule has 0 saturated carbocycles. The highest BCUT2D eigenvalue weighted by Gasteiger charge is 2.11. The largest absolute Gasteiger partial charge is 0.382 e. The number of thioether (sulfide) groups is 1. The van der Waals surface area contributed by atoms with Crippen molar-refractivity contribution >= 4 is 34.7 Å². The van der Waals surface area contributed by atoms with Crippen LogP contribution in [0.5, 0.6) is 0 Å². The van der Waals surface area contributed by atoms with Gasteiger partial charge >= 0.3 is 0 Å². The molecule has 7 heteroatoms. The third-order valence-electron chi connectivity index (χ3n) is 2.04. The molecule has 2 heterocycles. The maximum Gasteiger partial charge on any atom is 0.204 e. The van der Waals surface area contributed by atoms with Crippen LogP contribution in [0, 0.1) is 0 Å². The molecule has 0 aromatic carbocycles. The summed E-state index contributed by atoms with van der Waals surface area (Å²) in [6.07, 6.45) is 0. The number of nitrogens with zero attached hydrogens (tertiary/aromatic N) is 4. The van der Waals surface area contributed by atoms with Crippen molar-refractivity contribution < 1.29 is 0 Å². The van der Waals surface area contributed by atoms with Crippen molar-refractivity contribution in [1.82, 2.24) is 19.9 Å². The summed E-state index contributed by atoms with van der Waals surface area (Å²) in [5, 5.41) is 0.671. The lowest BCUT2D eigenvalue weighted by Gasteiger charge is -2.05. The first-order valence-electron chi connectivity index (χ1n) is 4.95. The van der Waals surface area contributed by atoms with Gasteiger partial charge in [-0.2, -0.15) is 4.98 Å². The molecule has 0 aliphatic carbocycles. The first-order valence-corrected chi connectivity index (χ1v) is 5.93. The van der Waals surface area contributed by atoms with Crippen molar-refractivity contribution in [3.63, 3.8) is 0 Å². The van der Waals surface area contributed by atoms with Crippen LogP contribution in [0.2, 0.25) is 0 Å². The molecule has 0 radical (unpaired) electrons. The van der Waals surface area contributed by atoms with Gasteiger partial charge in [0.25, 0.3) is 0 Å². The Labute approximate surface area is 97.7 Å². The van der Waals surface area contributed by atoms with Crippen LogP contribution in [0.3, 0.4) is 0 Å². The SMILES string of the molecule is CCSc1nc(N)c2[nH]c(N(C)C)nc2n1. The highest BCUT2D eigenvalue weighted by atomic mass is 32.2. The van der Waals surface area contributed by atoms with Gasteiger partial charge in [-0.25, -0.2) is 9.97 Å². The molecular weight excluding hydrogens is 224 g/mol. The minimum absolute atomic E-state index is 0.446. The average Bonchev–Trinajstić information content (AvgIpc) is 2.62. The zero-order valence-electron chi connectivity index (χ0n) is 9.48. The van der Waals surface area contributed by atoms with E-state index in [-0.39, 0.29) is 0 Å². The Morgan fingerprint density at radius 2 is 2.06 bits per heavy atom. The lowest BCUT2D eigenvalue weighted by Crippen LogP contribution is -2.09. The quantitative estimate of drug-likeness (QED) is 0.615. The van der Waals surface area contributed by atoms with E-state index in [4.69, 9.17) is 5.73 Å². The predicted octanol–water partition coefficient (Wildman–Crippen LogP) is 1.11. The number of nitrogens with two attached hydrogens (primary N) is 1. The fourth-order valence-electron chi connectivity index (χ4n) is 1.29. The third-order valence-corrected chi connectivity index (χ3v) is 2.77. The van der Waals surface area contributed by atoms with Crippen molar-refractivity contribution in [3.8, 4) is 0 Å². The Kier molecular flexibility index (Phi) is 2.86. The molecule has 0 amide bonds. The smallest absolute Gasteiger partial charge is 0.204 e. The van der Waals surface area contributed by atoms with Crippen LogP contribution < -0.4 is 10.6 Å². The topological polar surface area (TPSA) is 83.7 Å². The van der Waals surface area contributed by atoms with E-state index in [9.17, 15) is 0 Å². The maximum atomic E-state index is 5.85. The summed E-state index contributed by atoms with van der Waals surface area (Å²) in [6.45, 7) is 2.05. The number of nitrogen functional groups attached to an aromatic ring is 1. The predicted molar refractivity (Wildman–Crippen MR) is 66.8 cm³/mol. The minimum Gasteiger partial charge on any atom is -0.382 e. The number of aromatic amines is 1. The number of hydrogen-bond acceptors (Lipinski definition) is 6. The van der Waals surface area contributed by atoms with E-state index in [0.29, 0.717) is 22.1 Å². The molecule has 0 unspecified atom stereocenters. The number of hydrogen-bond donors (Lipinski definition) is 2. The van der Waals surface area contributed by atoms with Crippen molar-refractivity contribution in [2.24, 2.45) is 0 Å². The van der Waals surface area contributed by atoms with Gasteiger partial charge in [0.15, 0.2) is 16.6 Å². The van der Waals surface area contributed by atoms with Crippen LogP contribution in [0.15, 0.2) is 5.16 Å². The standard InChI is InChI=1S/C9H14N6S/c1-4-16-9-12-6(10)5-7(14-9)13-8(11-5)15(2)3/h4H2,1-3H3,(H3,10,11,12,13,14). The average molecular weight is 238 g/mol. The Morgan fingerprint density at radius 3 is 2.69 bits per heavy atom. The molecule has 0 bridgehead atoms. The monoisotopic (exact) mass is 238 g/mol. The Hall–Kier alpha value is -1.50. The summed E-state index contributed by atoms with van der Waals surface area (Å²) in [4.78, 5) is 17.8. The van der Waals surface area contributed by atoms with Crippen LogP contribution in [0.1, 0.15) is 6.92 Å². The van der Waals surface area contributed by atoms with Crippen molar-refractivity contribution in [1.29, 1.82) is 0 Å². The molecule has 2 aromatic heterocycles. The fraction of sp³-hybridized carbons (Fsp3) is 0.444. The van der Waals surface area contributed by atoms with Crippen LogP contribution in [0.25, 0.3) is 11.2 Å². The van der Waals surface area contributed by atoms with E-state index in [1.807, 2.05) is 25.9 Å². The summed E-state index contributed by atoms with van der Waals surface area (Å²) in [5.74, 6) is 2.09. The molecule has 3 N–H and O–H groups in total. The molecule has 6 nitrogen and oxygen atoms in total. The number of imidazole rings is 1. The Balaban J connectivity index is 2.54. The molecule has 16 heavy (non-hydrogen) atoms. The molecule has 86 valence electrons. The Morgan fingerprint density at radius 1 is 1.31 bits per heavy atom. The fourth-order valence-corrected chi connectivity index (χ4v) is 1.86. The number of fused-ring (bicyclic) bond motifs is 1. The van der Waals surface area contributed by atoms with Crippen molar-refractivity contribution in [2.75, 3.05) is 30.5 Å². The summed E-state index contributed by atoms with van der Waals surface area (Å²) in [6, 6.07) is 0. The second kappa shape index (κ2) is 4.17. The van der Waals surface area contributed by atoms with E-state index < -0.39 is 0 Å². The second-order valence-electron chi connectivity index (χ2n) is 3.48. The third kappa shape index (κ3) is 1.90. The molecule has 0 atom stereocenters. The van der Waals surface area contributed by atoms with Crippen LogP contribution in [-0.4, -0.2) is 39.8 Å². The van der Waals surface area contributed by atoms with Gasteiger partial charge < -0.3 is 15.6 Å². The number of rotatable bonds is 3. The number of aromatic nitrogens is 4. The molecule has 0 spiro atoms. The first-order chi connectivity index (χ1) is 7.61. The van der Waals surface area contributed by atoms with E-state index in [1.165, 1.54) is 0 Å². The van der Waals surface area contributed by atoms with Crippen LogP contribution >= 0.6 is 11.8 Å². The number of anilines is 2. The van der Waals surface area contributed by atoms with Gasteiger partial charge in [-0.3, -0.25) is 0 Å². The highest BCUT2D eigenvalue weighted by Crippen LogP contribution is 2.22. The van der Waals surface area contributed by atoms with E-state index >= 15 is 0 Å². The van der Waals surface area contributed by atoms with E-state index in [2.05, 4.69) is 19.9 Å². The van der Waals surface area contributed by atoms with Gasteiger partial charge in [-0.15, -0.1) is 0 Å². The van der Waals surface area contributed by atoms with Gasteiger partial charge in [0, 0.05) is 14.1 Å². The van der Waals surface area contributed by atoms with Gasteiger partial charge in [-0.05, 0) is 5.75 Å². The minimum atomic E-state index is 0.446. The molecule has 0 fully saturated rings. The van der Waals surface area contributed by atoms with Gasteiger partial charge in [0.2, 0.25) is 5.95 Å². The van der Waals surface area contributed by atoms with E-state index in [1.54, 1.807) is 11.8 Å². The molecule has 0 aliphatic rings. The lowest BCUT2D eigenvalue weighted by molar-refractivity contribution is 0.998. The lowest BCUT2D eigenvalue weighted by atomic mass is 10.5. The summed E-state index contributed by atoms with van der Waals surface area (Å²) < 4.78 is 0. The summed E-state index contributed by atoms with van der Waals surface area (Å²) in [5.41, 5.74) is 7.16. The van der Waals surface area contributed by atoms with Crippen LogP contribution in [-0.2, 0) is 0 Å². The van der Waals surface area contributed by atoms with E-state index in [0.717, 1.165) is 11.7 Å². The Bertz CT molecular complexity index is 506. The second-order valence-corrected chi connectivity index (χ2v) is 4.71.